The Morgan fingerprint density at radius 1 is 1.15 bits per heavy atom. The number of rotatable bonds is 6. The van der Waals surface area contributed by atoms with Gasteiger partial charge in [0.1, 0.15) is 17.7 Å². The monoisotopic (exact) mass is 539 g/mol. The van der Waals surface area contributed by atoms with E-state index in [9.17, 15) is 18.0 Å². The van der Waals surface area contributed by atoms with Gasteiger partial charge in [-0.05, 0) is 32.0 Å². The van der Waals surface area contributed by atoms with Crippen molar-refractivity contribution in [1.82, 2.24) is 49.8 Å². The van der Waals surface area contributed by atoms with Gasteiger partial charge < -0.3 is 15.2 Å². The molecule has 4 aromatic heterocycles. The van der Waals surface area contributed by atoms with Crippen molar-refractivity contribution >= 4 is 16.9 Å². The molecule has 2 aliphatic rings. The zero-order chi connectivity index (χ0) is 27.1. The normalized spacial score (nSPS) is 17.6. The maximum absolute atomic E-state index is 13.3. The van der Waals surface area contributed by atoms with Crippen LogP contribution in [0.25, 0.3) is 22.3 Å². The van der Waals surface area contributed by atoms with Crippen LogP contribution in [-0.2, 0) is 12.7 Å². The van der Waals surface area contributed by atoms with Crippen LogP contribution in [0.2, 0.25) is 0 Å². The summed E-state index contributed by atoms with van der Waals surface area (Å²) in [5.41, 5.74) is 2.42. The molecule has 0 unspecified atom stereocenters. The van der Waals surface area contributed by atoms with Crippen molar-refractivity contribution in [2.75, 3.05) is 33.2 Å². The van der Waals surface area contributed by atoms with Crippen molar-refractivity contribution in [2.45, 2.75) is 31.6 Å². The summed E-state index contributed by atoms with van der Waals surface area (Å²) < 4.78 is 41.7. The summed E-state index contributed by atoms with van der Waals surface area (Å²) in [6, 6.07) is 4.80. The van der Waals surface area contributed by atoms with E-state index in [0.29, 0.717) is 32.2 Å². The lowest BCUT2D eigenvalue weighted by molar-refractivity contribution is -0.145. The van der Waals surface area contributed by atoms with Gasteiger partial charge in [0, 0.05) is 62.1 Å². The number of H-pyrrole nitrogens is 1. The van der Waals surface area contributed by atoms with Gasteiger partial charge in [-0.1, -0.05) is 0 Å². The predicted molar refractivity (Wildman–Crippen MR) is 134 cm³/mol. The third-order valence-corrected chi connectivity index (χ3v) is 7.20. The number of carbonyl (C=O) groups excluding carboxylic acids is 1. The Bertz CT molecular complexity index is 1480. The molecule has 39 heavy (non-hydrogen) atoms. The lowest BCUT2D eigenvalue weighted by Crippen LogP contribution is -2.55. The minimum Gasteiger partial charge on any atom is -0.346 e. The predicted octanol–water partition coefficient (Wildman–Crippen LogP) is 2.35. The Morgan fingerprint density at radius 2 is 1.95 bits per heavy atom. The second kappa shape index (κ2) is 10.0. The van der Waals surface area contributed by atoms with E-state index in [2.05, 4.69) is 40.2 Å². The molecule has 203 valence electrons. The van der Waals surface area contributed by atoms with Crippen LogP contribution in [0.3, 0.4) is 0 Å². The highest BCUT2D eigenvalue weighted by Gasteiger charge is 2.39. The Morgan fingerprint density at radius 3 is 2.69 bits per heavy atom. The van der Waals surface area contributed by atoms with Crippen molar-refractivity contribution in [3.05, 3.63) is 60.3 Å². The number of halogens is 3. The fraction of sp³-hybridized carbons (Fsp3) is 0.400. The average Bonchev–Trinajstić information content (AvgIpc) is 3.57. The highest BCUT2D eigenvalue weighted by atomic mass is 19.4. The summed E-state index contributed by atoms with van der Waals surface area (Å²) >= 11 is 0. The first-order valence-corrected chi connectivity index (χ1v) is 12.6. The van der Waals surface area contributed by atoms with Crippen LogP contribution in [0.1, 0.15) is 34.8 Å². The first kappa shape index (κ1) is 25.4. The average molecular weight is 540 g/mol. The van der Waals surface area contributed by atoms with E-state index in [1.54, 1.807) is 18.1 Å². The van der Waals surface area contributed by atoms with E-state index in [4.69, 9.17) is 0 Å². The van der Waals surface area contributed by atoms with Crippen LogP contribution in [0.4, 0.5) is 13.2 Å². The van der Waals surface area contributed by atoms with Gasteiger partial charge in [-0.25, -0.2) is 19.9 Å². The number of fused-ring (bicyclic) bond motifs is 1. The summed E-state index contributed by atoms with van der Waals surface area (Å²) in [7, 11) is 1.60. The third-order valence-electron chi connectivity index (χ3n) is 7.20. The third kappa shape index (κ3) is 4.96. The van der Waals surface area contributed by atoms with Crippen LogP contribution >= 0.6 is 0 Å². The molecule has 0 atom stereocenters. The minimum absolute atomic E-state index is 0.105. The lowest BCUT2D eigenvalue weighted by Gasteiger charge is -2.45. The first-order chi connectivity index (χ1) is 18.8. The fourth-order valence-electron chi connectivity index (χ4n) is 5.11. The number of aromatic nitrogens is 7. The zero-order valence-electron chi connectivity index (χ0n) is 21.1. The van der Waals surface area contributed by atoms with Crippen molar-refractivity contribution in [3.63, 3.8) is 0 Å². The standard InChI is InChI=1S/C25H26F3N10O/c1-29-12-16-8-20(35-24(34-16)25(26,27)28)23(39)37-6-4-36(5-7-37)17-9-18(10-17)38-13-15(11-33-38)21-19-2-3-30-22(19)32-14-31-21/h2-3,8,11,13-14,17,29H,4-7,9-10,12H2,1H3,(H,30,31,32). The quantitative estimate of drug-likeness (QED) is 0.383. The van der Waals surface area contributed by atoms with Crippen molar-refractivity contribution in [2.24, 2.45) is 0 Å². The highest BCUT2D eigenvalue weighted by Crippen LogP contribution is 2.36. The Kier molecular flexibility index (Phi) is 6.51. The number of hydrogen-bond donors (Lipinski definition) is 2. The van der Waals surface area contributed by atoms with Crippen LogP contribution in [0, 0.1) is 6.04 Å². The molecule has 1 aliphatic heterocycles. The number of nitrogens with zero attached hydrogens (tertiary/aromatic N) is 8. The Balaban J connectivity index is 1.05. The van der Waals surface area contributed by atoms with E-state index >= 15 is 0 Å². The SMILES string of the molecule is CNCc1cc(C(=O)N2CCN(C3C[C](n4cc(-c5ncnc6[nH]ccc56)cn4)C3)CC2)nc(C(F)(F)F)n1. The maximum atomic E-state index is 13.3. The summed E-state index contributed by atoms with van der Waals surface area (Å²) in [4.78, 5) is 35.7. The molecule has 6 rings (SSSR count). The number of hydrogen-bond acceptors (Lipinski definition) is 8. The van der Waals surface area contributed by atoms with Gasteiger partial charge in [0.05, 0.1) is 23.6 Å². The highest BCUT2D eigenvalue weighted by molar-refractivity contribution is 5.92. The second-order valence-corrected chi connectivity index (χ2v) is 9.69. The van der Waals surface area contributed by atoms with Crippen LogP contribution < -0.4 is 5.32 Å². The molecule has 4 aromatic rings. The molecule has 1 saturated carbocycles. The summed E-state index contributed by atoms with van der Waals surface area (Å²) in [6.07, 6.45) is 4.13. The van der Waals surface area contributed by atoms with Gasteiger partial charge in [0.25, 0.3) is 5.91 Å². The molecule has 1 amide bonds. The largest absolute Gasteiger partial charge is 0.451 e. The number of alkyl halides is 3. The van der Waals surface area contributed by atoms with Crippen molar-refractivity contribution < 1.29 is 18.0 Å². The molecule has 14 heteroatoms. The van der Waals surface area contributed by atoms with Crippen LogP contribution in [0.5, 0.6) is 0 Å². The topological polar surface area (TPSA) is 121 Å². The molecule has 5 heterocycles. The van der Waals surface area contributed by atoms with Gasteiger partial charge in [0.2, 0.25) is 5.82 Å². The number of piperazine rings is 1. The Hall–Kier alpha value is -3.91. The molecule has 11 nitrogen and oxygen atoms in total. The molecule has 0 aromatic carbocycles. The summed E-state index contributed by atoms with van der Waals surface area (Å²) in [6.45, 7) is 2.23. The summed E-state index contributed by atoms with van der Waals surface area (Å²) in [5.74, 6) is -1.81. The van der Waals surface area contributed by atoms with E-state index in [0.717, 1.165) is 35.1 Å². The van der Waals surface area contributed by atoms with E-state index in [1.807, 2.05) is 23.1 Å². The van der Waals surface area contributed by atoms with Gasteiger partial charge in [-0.15, -0.1) is 0 Å². The van der Waals surface area contributed by atoms with Crippen LogP contribution in [-0.4, -0.2) is 89.7 Å². The van der Waals surface area contributed by atoms with Gasteiger partial charge in [-0.2, -0.15) is 18.3 Å². The number of nitrogens with one attached hydrogen (secondary N) is 2. The first-order valence-electron chi connectivity index (χ1n) is 12.6. The van der Waals surface area contributed by atoms with E-state index in [1.165, 1.54) is 18.4 Å². The van der Waals surface area contributed by atoms with Crippen molar-refractivity contribution in [3.8, 4) is 11.3 Å². The molecule has 1 radical (unpaired) electrons. The molecule has 0 spiro atoms. The second-order valence-electron chi connectivity index (χ2n) is 9.69. The summed E-state index contributed by atoms with van der Waals surface area (Å²) in [5, 5.41) is 8.25. The number of carbonyl (C=O) groups is 1. The fourth-order valence-corrected chi connectivity index (χ4v) is 5.11. The van der Waals surface area contributed by atoms with Gasteiger partial charge in [-0.3, -0.25) is 14.4 Å². The van der Waals surface area contributed by atoms with Gasteiger partial charge >= 0.3 is 6.18 Å². The maximum Gasteiger partial charge on any atom is 0.451 e. The van der Waals surface area contributed by atoms with E-state index < -0.39 is 17.9 Å². The Labute approximate surface area is 221 Å². The minimum atomic E-state index is -4.73. The van der Waals surface area contributed by atoms with E-state index in [-0.39, 0.29) is 17.9 Å². The van der Waals surface area contributed by atoms with Crippen LogP contribution in [0.15, 0.2) is 37.1 Å². The zero-order valence-corrected chi connectivity index (χ0v) is 21.1. The number of aromatic amines is 1. The molecular weight excluding hydrogens is 513 g/mol. The molecule has 1 saturated heterocycles. The molecule has 2 fully saturated rings. The lowest BCUT2D eigenvalue weighted by atomic mass is 9.85. The molecule has 2 N–H and O–H groups in total. The molecule has 0 bridgehead atoms. The molecular formula is C25H26F3N10O. The van der Waals surface area contributed by atoms with Gasteiger partial charge in [0.15, 0.2) is 0 Å². The molecule has 1 aliphatic carbocycles. The smallest absolute Gasteiger partial charge is 0.346 e. The number of amides is 1. The van der Waals surface area contributed by atoms with Crippen molar-refractivity contribution in [1.29, 1.82) is 0 Å².